The Bertz CT molecular complexity index is 306. The van der Waals surface area contributed by atoms with Crippen LogP contribution in [0.25, 0.3) is 0 Å². The van der Waals surface area contributed by atoms with Crippen LogP contribution in [0.1, 0.15) is 5.69 Å². The minimum absolute atomic E-state index is 0.186. The van der Waals surface area contributed by atoms with E-state index in [1.54, 1.807) is 4.68 Å². The highest BCUT2D eigenvalue weighted by molar-refractivity contribution is 5.81. The van der Waals surface area contributed by atoms with Crippen molar-refractivity contribution in [2.75, 3.05) is 13.1 Å². The first-order valence-electron chi connectivity index (χ1n) is 4.38. The van der Waals surface area contributed by atoms with E-state index in [2.05, 4.69) is 15.6 Å². The number of nitrogens with one attached hydrogen (secondary N) is 1. The average molecular weight is 197 g/mol. The van der Waals surface area contributed by atoms with Crippen molar-refractivity contribution in [2.24, 2.45) is 17.9 Å². The molecule has 1 aromatic heterocycles. The lowest BCUT2D eigenvalue weighted by atomic mass is 10.3. The van der Waals surface area contributed by atoms with Gasteiger partial charge in [0.2, 0.25) is 0 Å². The number of oxime groups is 1. The van der Waals surface area contributed by atoms with Crippen LogP contribution in [0.4, 0.5) is 0 Å². The van der Waals surface area contributed by atoms with Gasteiger partial charge in [0.25, 0.3) is 0 Å². The van der Waals surface area contributed by atoms with E-state index < -0.39 is 0 Å². The molecule has 6 nitrogen and oxygen atoms in total. The topological polar surface area (TPSA) is 88.5 Å². The summed E-state index contributed by atoms with van der Waals surface area (Å²) in [6, 6.07) is 1.96. The lowest BCUT2D eigenvalue weighted by molar-refractivity contribution is 0.317. The summed E-state index contributed by atoms with van der Waals surface area (Å²) in [5, 5.41) is 18.4. The van der Waals surface area contributed by atoms with Gasteiger partial charge in [-0.05, 0) is 6.07 Å². The summed E-state index contributed by atoms with van der Waals surface area (Å²) < 4.78 is 1.76. The standard InChI is InChI=1S/C8H15N5O/c1-13-5-3-7(11-13)2-4-10-6-8(9)12-14/h3,5,10,14H,2,4,6H2,1H3,(H2,9,12). The number of hydrogen-bond donors (Lipinski definition) is 3. The first-order valence-corrected chi connectivity index (χ1v) is 4.38. The van der Waals surface area contributed by atoms with Crippen LogP contribution >= 0.6 is 0 Å². The van der Waals surface area contributed by atoms with Gasteiger partial charge in [-0.25, -0.2) is 0 Å². The van der Waals surface area contributed by atoms with Crippen molar-refractivity contribution in [1.29, 1.82) is 0 Å². The molecule has 0 aromatic carbocycles. The number of nitrogens with two attached hydrogens (primary N) is 1. The summed E-state index contributed by atoms with van der Waals surface area (Å²) in [6.45, 7) is 1.15. The number of aromatic nitrogens is 2. The Labute approximate surface area is 82.4 Å². The largest absolute Gasteiger partial charge is 0.409 e. The Balaban J connectivity index is 2.16. The van der Waals surface area contributed by atoms with Gasteiger partial charge >= 0.3 is 0 Å². The predicted octanol–water partition coefficient (Wildman–Crippen LogP) is -0.701. The highest BCUT2D eigenvalue weighted by atomic mass is 16.4. The van der Waals surface area contributed by atoms with Crippen molar-refractivity contribution in [3.8, 4) is 0 Å². The average Bonchev–Trinajstić information content (AvgIpc) is 2.58. The maximum Gasteiger partial charge on any atom is 0.153 e. The molecular formula is C8H15N5O. The van der Waals surface area contributed by atoms with E-state index in [4.69, 9.17) is 10.9 Å². The molecule has 1 heterocycles. The Morgan fingerprint density at radius 3 is 3.14 bits per heavy atom. The molecule has 0 saturated carbocycles. The van der Waals surface area contributed by atoms with E-state index in [-0.39, 0.29) is 5.84 Å². The van der Waals surface area contributed by atoms with E-state index in [9.17, 15) is 0 Å². The zero-order valence-corrected chi connectivity index (χ0v) is 8.14. The minimum atomic E-state index is 0.186. The maximum atomic E-state index is 8.26. The lowest BCUT2D eigenvalue weighted by Gasteiger charge is -2.00. The van der Waals surface area contributed by atoms with Crippen LogP contribution in [0.3, 0.4) is 0 Å². The smallest absolute Gasteiger partial charge is 0.153 e. The van der Waals surface area contributed by atoms with Gasteiger partial charge in [0, 0.05) is 26.2 Å². The summed E-state index contributed by atoms with van der Waals surface area (Å²) in [5.41, 5.74) is 6.30. The van der Waals surface area contributed by atoms with E-state index >= 15 is 0 Å². The monoisotopic (exact) mass is 197 g/mol. The fourth-order valence-corrected chi connectivity index (χ4v) is 1.06. The van der Waals surface area contributed by atoms with E-state index in [1.165, 1.54) is 0 Å². The maximum absolute atomic E-state index is 8.26. The van der Waals surface area contributed by atoms with Gasteiger partial charge in [0.05, 0.1) is 12.2 Å². The Kier molecular flexibility index (Phi) is 3.93. The molecule has 1 aromatic rings. The summed E-state index contributed by atoms with van der Waals surface area (Å²) in [6.07, 6.45) is 2.73. The number of rotatable bonds is 5. The normalized spacial score (nSPS) is 11.9. The second-order valence-corrected chi connectivity index (χ2v) is 3.00. The second kappa shape index (κ2) is 5.23. The molecule has 0 radical (unpaired) electrons. The van der Waals surface area contributed by atoms with E-state index in [0.717, 1.165) is 18.7 Å². The minimum Gasteiger partial charge on any atom is -0.409 e. The van der Waals surface area contributed by atoms with Crippen molar-refractivity contribution in [1.82, 2.24) is 15.1 Å². The van der Waals surface area contributed by atoms with Crippen molar-refractivity contribution in [2.45, 2.75) is 6.42 Å². The molecule has 0 fully saturated rings. The molecular weight excluding hydrogens is 182 g/mol. The quantitative estimate of drug-likeness (QED) is 0.191. The number of amidine groups is 1. The third-order valence-corrected chi connectivity index (χ3v) is 1.76. The van der Waals surface area contributed by atoms with Crippen LogP contribution in [0.15, 0.2) is 17.4 Å². The Morgan fingerprint density at radius 2 is 2.57 bits per heavy atom. The molecule has 0 amide bonds. The van der Waals surface area contributed by atoms with Gasteiger partial charge in [-0.1, -0.05) is 5.16 Å². The zero-order valence-electron chi connectivity index (χ0n) is 8.14. The first-order chi connectivity index (χ1) is 6.72. The van der Waals surface area contributed by atoms with Crippen LogP contribution in [-0.2, 0) is 13.5 Å². The third-order valence-electron chi connectivity index (χ3n) is 1.76. The molecule has 6 heteroatoms. The SMILES string of the molecule is Cn1ccc(CCNC/C(N)=N/O)n1. The Morgan fingerprint density at radius 1 is 1.79 bits per heavy atom. The van der Waals surface area contributed by atoms with Crippen molar-refractivity contribution in [3.05, 3.63) is 18.0 Å². The molecule has 0 bridgehead atoms. The van der Waals surface area contributed by atoms with Crippen LogP contribution in [-0.4, -0.2) is 33.9 Å². The number of aryl methyl sites for hydroxylation is 1. The van der Waals surface area contributed by atoms with Crippen molar-refractivity contribution >= 4 is 5.84 Å². The molecule has 0 spiro atoms. The molecule has 0 atom stereocenters. The molecule has 0 aliphatic rings. The molecule has 4 N–H and O–H groups in total. The molecule has 0 aliphatic heterocycles. The summed E-state index contributed by atoms with van der Waals surface area (Å²) in [5.74, 6) is 0.186. The van der Waals surface area contributed by atoms with Crippen LogP contribution < -0.4 is 11.1 Å². The highest BCUT2D eigenvalue weighted by Gasteiger charge is 1.96. The fourth-order valence-electron chi connectivity index (χ4n) is 1.06. The summed E-state index contributed by atoms with van der Waals surface area (Å²) >= 11 is 0. The highest BCUT2D eigenvalue weighted by Crippen LogP contribution is 1.93. The zero-order chi connectivity index (χ0) is 10.4. The molecule has 1 rings (SSSR count). The van der Waals surface area contributed by atoms with Crippen molar-refractivity contribution < 1.29 is 5.21 Å². The van der Waals surface area contributed by atoms with Gasteiger partial charge in [-0.3, -0.25) is 4.68 Å². The van der Waals surface area contributed by atoms with Crippen LogP contribution in [0.2, 0.25) is 0 Å². The van der Waals surface area contributed by atoms with E-state index in [0.29, 0.717) is 6.54 Å². The van der Waals surface area contributed by atoms with Gasteiger partial charge in [0.15, 0.2) is 5.84 Å². The third kappa shape index (κ3) is 3.44. The van der Waals surface area contributed by atoms with Gasteiger partial charge in [-0.2, -0.15) is 5.10 Å². The molecule has 78 valence electrons. The van der Waals surface area contributed by atoms with Crippen molar-refractivity contribution in [3.63, 3.8) is 0 Å². The predicted molar refractivity (Wildman–Crippen MR) is 53.2 cm³/mol. The first kappa shape index (κ1) is 10.5. The second-order valence-electron chi connectivity index (χ2n) is 3.00. The molecule has 0 saturated heterocycles. The van der Waals surface area contributed by atoms with Gasteiger partial charge < -0.3 is 16.3 Å². The van der Waals surface area contributed by atoms with Crippen LogP contribution in [0.5, 0.6) is 0 Å². The van der Waals surface area contributed by atoms with E-state index in [1.807, 2.05) is 19.3 Å². The molecule has 0 aliphatic carbocycles. The van der Waals surface area contributed by atoms with Gasteiger partial charge in [0.1, 0.15) is 0 Å². The molecule has 0 unspecified atom stereocenters. The summed E-state index contributed by atoms with van der Waals surface area (Å²) in [7, 11) is 1.88. The number of hydrogen-bond acceptors (Lipinski definition) is 4. The lowest BCUT2D eigenvalue weighted by Crippen LogP contribution is -2.30. The molecule has 14 heavy (non-hydrogen) atoms. The Hall–Kier alpha value is -1.56. The summed E-state index contributed by atoms with van der Waals surface area (Å²) in [4.78, 5) is 0. The van der Waals surface area contributed by atoms with Gasteiger partial charge in [-0.15, -0.1) is 0 Å². The number of nitrogens with zero attached hydrogens (tertiary/aromatic N) is 3. The van der Waals surface area contributed by atoms with Crippen LogP contribution in [0, 0.1) is 0 Å². The fraction of sp³-hybridized carbons (Fsp3) is 0.500.